The van der Waals surface area contributed by atoms with Crippen LogP contribution in [0.4, 0.5) is 16.2 Å². The maximum absolute atomic E-state index is 12.8. The summed E-state index contributed by atoms with van der Waals surface area (Å²) in [5.74, 6) is 1.79. The molecule has 0 atom stereocenters. The van der Waals surface area contributed by atoms with E-state index in [1.165, 1.54) is 0 Å². The highest BCUT2D eigenvalue weighted by Crippen LogP contribution is 2.29. The van der Waals surface area contributed by atoms with E-state index in [-0.39, 0.29) is 24.1 Å². The summed E-state index contributed by atoms with van der Waals surface area (Å²) in [6, 6.07) is 19.7. The highest BCUT2D eigenvalue weighted by Gasteiger charge is 2.15. The Kier molecular flexibility index (Phi) is 11.0. The van der Waals surface area contributed by atoms with Gasteiger partial charge in [-0.3, -0.25) is 4.79 Å². The molecule has 4 rings (SSSR count). The van der Waals surface area contributed by atoms with Gasteiger partial charge < -0.3 is 35.5 Å². The number of carbonyl (C=O) groups excluding carboxylic acids is 2. The molecule has 9 heteroatoms. The lowest BCUT2D eigenvalue weighted by Crippen LogP contribution is -2.37. The van der Waals surface area contributed by atoms with Crippen molar-refractivity contribution < 1.29 is 23.8 Å². The van der Waals surface area contributed by atoms with E-state index in [1.54, 1.807) is 55.6 Å². The molecule has 0 bridgehead atoms. The average molecular weight is 561 g/mol. The van der Waals surface area contributed by atoms with Gasteiger partial charge in [0, 0.05) is 35.7 Å². The zero-order valence-corrected chi connectivity index (χ0v) is 24.0. The van der Waals surface area contributed by atoms with E-state index in [0.717, 1.165) is 50.1 Å². The van der Waals surface area contributed by atoms with Gasteiger partial charge in [-0.25, -0.2) is 4.79 Å². The molecule has 0 aliphatic carbocycles. The van der Waals surface area contributed by atoms with E-state index >= 15 is 0 Å². The van der Waals surface area contributed by atoms with Crippen LogP contribution in [0, 0.1) is 0 Å². The smallest absolute Gasteiger partial charge is 0.319 e. The van der Waals surface area contributed by atoms with Crippen LogP contribution in [-0.4, -0.2) is 44.3 Å². The number of carbonyl (C=O) groups is 2. The van der Waals surface area contributed by atoms with Crippen molar-refractivity contribution in [3.8, 4) is 17.2 Å². The first-order chi connectivity index (χ1) is 20.0. The fourth-order valence-corrected chi connectivity index (χ4v) is 4.60. The maximum atomic E-state index is 12.8. The predicted octanol–water partition coefficient (Wildman–Crippen LogP) is 6.32. The van der Waals surface area contributed by atoms with Crippen molar-refractivity contribution in [2.75, 3.05) is 30.8 Å². The molecule has 3 aromatic carbocycles. The predicted molar refractivity (Wildman–Crippen MR) is 161 cm³/mol. The normalized spacial score (nSPS) is 13.5. The Bertz CT molecular complexity index is 1270. The molecule has 3 amide bonds. The lowest BCUT2D eigenvalue weighted by molar-refractivity contribution is 0.102. The summed E-state index contributed by atoms with van der Waals surface area (Å²) in [6.45, 7) is 6.33. The first-order valence-corrected chi connectivity index (χ1v) is 14.2. The zero-order valence-electron chi connectivity index (χ0n) is 24.0. The third kappa shape index (κ3) is 8.96. The summed E-state index contributed by atoms with van der Waals surface area (Å²) in [5.41, 5.74) is 2.64. The van der Waals surface area contributed by atoms with Crippen LogP contribution >= 0.6 is 0 Å². The van der Waals surface area contributed by atoms with Crippen molar-refractivity contribution in [2.24, 2.45) is 0 Å². The molecule has 0 radical (unpaired) electrons. The lowest BCUT2D eigenvalue weighted by atomic mass is 10.1. The number of piperidine rings is 1. The minimum absolute atomic E-state index is 0.132. The van der Waals surface area contributed by atoms with Gasteiger partial charge in [0.05, 0.1) is 6.61 Å². The lowest BCUT2D eigenvalue weighted by Gasteiger charge is -2.23. The quantitative estimate of drug-likeness (QED) is 0.206. The number of nitrogens with one attached hydrogen (secondary N) is 4. The van der Waals surface area contributed by atoms with E-state index in [1.807, 2.05) is 32.0 Å². The SMILES string of the molecule is CCC(CC)NC(=O)Nc1ccc(Oc2ccc(NC(=O)c3ccc(OC4CCNCC4)cc3)cc2)c(COC)c1. The van der Waals surface area contributed by atoms with Crippen LogP contribution in [0.15, 0.2) is 66.7 Å². The van der Waals surface area contributed by atoms with E-state index in [4.69, 9.17) is 14.2 Å². The first kappa shape index (κ1) is 29.9. The number of benzene rings is 3. The molecule has 218 valence electrons. The van der Waals surface area contributed by atoms with Crippen molar-refractivity contribution >= 4 is 23.3 Å². The minimum Gasteiger partial charge on any atom is -0.490 e. The highest BCUT2D eigenvalue weighted by atomic mass is 16.5. The van der Waals surface area contributed by atoms with Crippen LogP contribution in [-0.2, 0) is 11.3 Å². The fraction of sp³-hybridized carbons (Fsp3) is 0.375. The molecule has 9 nitrogen and oxygen atoms in total. The number of anilines is 2. The maximum Gasteiger partial charge on any atom is 0.319 e. The molecule has 0 aromatic heterocycles. The van der Waals surface area contributed by atoms with E-state index < -0.39 is 0 Å². The van der Waals surface area contributed by atoms with Crippen molar-refractivity contribution in [1.29, 1.82) is 0 Å². The van der Waals surface area contributed by atoms with Gasteiger partial charge in [0.1, 0.15) is 23.4 Å². The van der Waals surface area contributed by atoms with Gasteiger partial charge in [-0.1, -0.05) is 13.8 Å². The summed E-state index contributed by atoms with van der Waals surface area (Å²) in [4.78, 5) is 25.1. The largest absolute Gasteiger partial charge is 0.490 e. The summed E-state index contributed by atoms with van der Waals surface area (Å²) in [5, 5.41) is 12.1. The standard InChI is InChI=1S/C32H40N4O5/c1-4-24(5-2)35-32(38)36-26-10-15-30(23(20-26)21-39-3)41-28-13-8-25(9-14-28)34-31(37)22-6-11-27(12-7-22)40-29-16-18-33-19-17-29/h6-15,20,24,29,33H,4-5,16-19,21H2,1-3H3,(H,34,37)(H2,35,36,38). The number of ether oxygens (including phenoxy) is 3. The highest BCUT2D eigenvalue weighted by molar-refractivity contribution is 6.04. The third-order valence-electron chi connectivity index (χ3n) is 6.98. The second-order valence-corrected chi connectivity index (χ2v) is 10.0. The molecular weight excluding hydrogens is 520 g/mol. The molecular formula is C32H40N4O5. The molecule has 1 fully saturated rings. The molecule has 0 unspecified atom stereocenters. The molecule has 1 heterocycles. The number of rotatable bonds is 12. The molecule has 1 aliphatic rings. The minimum atomic E-state index is -0.241. The third-order valence-corrected chi connectivity index (χ3v) is 6.98. The zero-order chi connectivity index (χ0) is 29.0. The van der Waals surface area contributed by atoms with Gasteiger partial charge in [0.25, 0.3) is 5.91 Å². The summed E-state index contributed by atoms with van der Waals surface area (Å²) in [6.07, 6.45) is 3.91. The Morgan fingerprint density at radius 1 is 0.878 bits per heavy atom. The Labute approximate surface area is 242 Å². The summed E-state index contributed by atoms with van der Waals surface area (Å²) in [7, 11) is 1.61. The second kappa shape index (κ2) is 15.1. The number of hydrogen-bond donors (Lipinski definition) is 4. The van der Waals surface area contributed by atoms with E-state index in [0.29, 0.717) is 35.0 Å². The molecule has 1 aliphatic heterocycles. The van der Waals surface area contributed by atoms with Crippen LogP contribution in [0.5, 0.6) is 17.2 Å². The van der Waals surface area contributed by atoms with Gasteiger partial charge in [-0.15, -0.1) is 0 Å². The van der Waals surface area contributed by atoms with E-state index in [9.17, 15) is 9.59 Å². The van der Waals surface area contributed by atoms with Crippen LogP contribution in [0.3, 0.4) is 0 Å². The van der Waals surface area contributed by atoms with Crippen molar-refractivity contribution in [3.63, 3.8) is 0 Å². The van der Waals surface area contributed by atoms with Gasteiger partial charge in [-0.2, -0.15) is 0 Å². The van der Waals surface area contributed by atoms with E-state index in [2.05, 4.69) is 21.3 Å². The number of methoxy groups -OCH3 is 1. The van der Waals surface area contributed by atoms with Crippen LogP contribution in [0.25, 0.3) is 0 Å². The van der Waals surface area contributed by atoms with Gasteiger partial charge in [0.2, 0.25) is 0 Å². The van der Waals surface area contributed by atoms with Crippen molar-refractivity contribution in [2.45, 2.75) is 58.3 Å². The molecule has 0 saturated carbocycles. The van der Waals surface area contributed by atoms with Gasteiger partial charge >= 0.3 is 6.03 Å². The first-order valence-electron chi connectivity index (χ1n) is 14.2. The van der Waals surface area contributed by atoms with Crippen LogP contribution in [0.1, 0.15) is 55.5 Å². The number of urea groups is 1. The van der Waals surface area contributed by atoms with Crippen molar-refractivity contribution in [3.05, 3.63) is 77.9 Å². The summed E-state index contributed by atoms with van der Waals surface area (Å²) < 4.78 is 17.5. The topological polar surface area (TPSA) is 110 Å². The molecule has 4 N–H and O–H groups in total. The Balaban J connectivity index is 1.33. The number of hydrogen-bond acceptors (Lipinski definition) is 6. The average Bonchev–Trinajstić information content (AvgIpc) is 2.99. The molecule has 1 saturated heterocycles. The van der Waals surface area contributed by atoms with Crippen molar-refractivity contribution in [1.82, 2.24) is 10.6 Å². The van der Waals surface area contributed by atoms with Crippen LogP contribution < -0.4 is 30.7 Å². The Morgan fingerprint density at radius 3 is 2.20 bits per heavy atom. The van der Waals surface area contributed by atoms with Gasteiger partial charge in [-0.05, 0) is 106 Å². The Hall–Kier alpha value is -4.08. The Morgan fingerprint density at radius 2 is 1.54 bits per heavy atom. The molecule has 41 heavy (non-hydrogen) atoms. The molecule has 3 aromatic rings. The monoisotopic (exact) mass is 560 g/mol. The van der Waals surface area contributed by atoms with Crippen LogP contribution in [0.2, 0.25) is 0 Å². The second-order valence-electron chi connectivity index (χ2n) is 10.0. The van der Waals surface area contributed by atoms with Gasteiger partial charge in [0.15, 0.2) is 0 Å². The summed E-state index contributed by atoms with van der Waals surface area (Å²) >= 11 is 0. The fourth-order valence-electron chi connectivity index (χ4n) is 4.60. The molecule has 0 spiro atoms. The number of amides is 3.